The number of amides is 1. The molecule has 1 amide bonds. The van der Waals surface area contributed by atoms with Gasteiger partial charge in [0.15, 0.2) is 0 Å². The van der Waals surface area contributed by atoms with Crippen molar-refractivity contribution in [2.75, 3.05) is 13.2 Å². The molecule has 1 aliphatic heterocycles. The van der Waals surface area contributed by atoms with E-state index >= 15 is 0 Å². The third-order valence-electron chi connectivity index (χ3n) is 4.59. The highest BCUT2D eigenvalue weighted by atomic mass is 32.1. The Morgan fingerprint density at radius 1 is 1.14 bits per heavy atom. The van der Waals surface area contributed by atoms with Crippen LogP contribution in [0.5, 0.6) is 11.6 Å². The number of nitrogens with zero attached hydrogens (tertiary/aromatic N) is 1. The van der Waals surface area contributed by atoms with Crippen LogP contribution in [0.15, 0.2) is 59.4 Å². The number of rotatable bonds is 7. The smallest absolute Gasteiger partial charge is 0.410 e. The van der Waals surface area contributed by atoms with Crippen molar-refractivity contribution in [2.45, 2.75) is 19.1 Å². The van der Waals surface area contributed by atoms with Crippen LogP contribution in [0.1, 0.15) is 16.0 Å². The first-order chi connectivity index (χ1) is 14.1. The summed E-state index contributed by atoms with van der Waals surface area (Å²) < 4.78 is 11.1. The minimum Gasteiger partial charge on any atom is -0.494 e. The zero-order valence-corrected chi connectivity index (χ0v) is 16.4. The molecule has 2 N–H and O–H groups in total. The van der Waals surface area contributed by atoms with Crippen molar-refractivity contribution >= 4 is 17.4 Å². The molecule has 7 nitrogen and oxygen atoms in total. The standard InChI is InChI=1S/C21H20N2O5S/c24-19-18(29-20(25)22-19)10-14-6-8-17(9-7-14)27-13-16-11-23(16)21(26)28-12-15-4-2-1-3-5-15/h1-9,16,24H,10-13H2,(H,22,25)/t16-,23?/m0/s1. The normalized spacial score (nSPS) is 15.2. The fraction of sp³-hybridized carbons (Fsp3) is 0.238. The number of ether oxygens (including phenoxy) is 2. The molecule has 0 aliphatic carbocycles. The number of nitrogens with one attached hydrogen (secondary N) is 1. The number of hydrogen-bond acceptors (Lipinski definition) is 6. The molecule has 0 bridgehead atoms. The monoisotopic (exact) mass is 412 g/mol. The highest BCUT2D eigenvalue weighted by molar-refractivity contribution is 7.09. The number of hydrogen-bond donors (Lipinski definition) is 2. The van der Waals surface area contributed by atoms with E-state index in [-0.39, 0.29) is 29.5 Å². The van der Waals surface area contributed by atoms with Crippen LogP contribution >= 0.6 is 11.3 Å². The summed E-state index contributed by atoms with van der Waals surface area (Å²) in [7, 11) is 0. The van der Waals surface area contributed by atoms with Crippen LogP contribution in [0.3, 0.4) is 0 Å². The van der Waals surface area contributed by atoms with Gasteiger partial charge < -0.3 is 14.6 Å². The van der Waals surface area contributed by atoms with Gasteiger partial charge in [-0.05, 0) is 23.3 Å². The Bertz CT molecular complexity index is 1030. The highest BCUT2D eigenvalue weighted by Crippen LogP contribution is 2.24. The maximum absolute atomic E-state index is 12.1. The lowest BCUT2D eigenvalue weighted by Gasteiger charge is -2.09. The van der Waals surface area contributed by atoms with Gasteiger partial charge in [-0.3, -0.25) is 14.7 Å². The number of carbonyl (C=O) groups excluding carboxylic acids is 1. The fourth-order valence-corrected chi connectivity index (χ4v) is 3.66. The van der Waals surface area contributed by atoms with Crippen LogP contribution in [0, 0.1) is 0 Å². The molecule has 1 aromatic heterocycles. The van der Waals surface area contributed by atoms with E-state index in [0.29, 0.717) is 30.2 Å². The summed E-state index contributed by atoms with van der Waals surface area (Å²) in [5.41, 5.74) is 1.91. The maximum Gasteiger partial charge on any atom is 0.410 e. The number of carbonyl (C=O) groups is 1. The molecule has 0 saturated carbocycles. The second kappa shape index (κ2) is 8.40. The lowest BCUT2D eigenvalue weighted by atomic mass is 10.1. The highest BCUT2D eigenvalue weighted by Gasteiger charge is 2.40. The van der Waals surface area contributed by atoms with Crippen LogP contribution in [-0.4, -0.2) is 40.3 Å². The first kappa shape index (κ1) is 19.1. The summed E-state index contributed by atoms with van der Waals surface area (Å²) in [5, 5.41) is 9.66. The summed E-state index contributed by atoms with van der Waals surface area (Å²) in [6.45, 7) is 1.29. The predicted octanol–water partition coefficient (Wildman–Crippen LogP) is 3.13. The van der Waals surface area contributed by atoms with Gasteiger partial charge in [0, 0.05) is 13.0 Å². The van der Waals surface area contributed by atoms with E-state index in [1.54, 1.807) is 4.90 Å². The molecule has 29 heavy (non-hydrogen) atoms. The molecule has 4 rings (SSSR count). The third kappa shape index (κ3) is 4.97. The van der Waals surface area contributed by atoms with Crippen LogP contribution in [0.4, 0.5) is 4.79 Å². The summed E-state index contributed by atoms with van der Waals surface area (Å²) in [6, 6.07) is 17.0. The largest absolute Gasteiger partial charge is 0.494 e. The van der Waals surface area contributed by atoms with E-state index in [1.165, 1.54) is 0 Å². The number of H-pyrrole nitrogens is 1. The Hall–Kier alpha value is -3.26. The molecule has 2 aromatic carbocycles. The average molecular weight is 412 g/mol. The minimum atomic E-state index is -0.330. The van der Waals surface area contributed by atoms with E-state index in [0.717, 1.165) is 22.5 Å². The zero-order chi connectivity index (χ0) is 20.2. The third-order valence-corrected chi connectivity index (χ3v) is 5.46. The van der Waals surface area contributed by atoms with E-state index in [1.807, 2.05) is 54.6 Å². The van der Waals surface area contributed by atoms with Crippen molar-refractivity contribution in [3.63, 3.8) is 0 Å². The molecule has 0 unspecified atom stereocenters. The molecule has 150 valence electrons. The van der Waals surface area contributed by atoms with Crippen molar-refractivity contribution in [2.24, 2.45) is 0 Å². The maximum atomic E-state index is 12.1. The van der Waals surface area contributed by atoms with Gasteiger partial charge in [-0.25, -0.2) is 4.79 Å². The quantitative estimate of drug-likeness (QED) is 0.582. The van der Waals surface area contributed by atoms with Crippen LogP contribution in [-0.2, 0) is 17.8 Å². The SMILES string of the molecule is O=C(OCc1ccccc1)N1C[C@H]1COc1ccc(Cc2sc(=O)[nH]c2O)cc1. The van der Waals surface area contributed by atoms with Crippen molar-refractivity contribution < 1.29 is 19.4 Å². The lowest BCUT2D eigenvalue weighted by molar-refractivity contribution is 0.120. The van der Waals surface area contributed by atoms with Crippen molar-refractivity contribution in [1.82, 2.24) is 9.88 Å². The van der Waals surface area contributed by atoms with Gasteiger partial charge in [0.2, 0.25) is 5.88 Å². The van der Waals surface area contributed by atoms with Crippen molar-refractivity contribution in [1.29, 1.82) is 0 Å². The lowest BCUT2D eigenvalue weighted by Crippen LogP contribution is -2.18. The van der Waals surface area contributed by atoms with Crippen LogP contribution in [0.2, 0.25) is 0 Å². The number of aromatic amines is 1. The van der Waals surface area contributed by atoms with Gasteiger partial charge in [0.05, 0.1) is 10.9 Å². The second-order valence-electron chi connectivity index (χ2n) is 6.76. The molecular weight excluding hydrogens is 392 g/mol. The Balaban J connectivity index is 1.21. The molecular formula is C21H20N2O5S. The average Bonchev–Trinajstić information content (AvgIpc) is 3.44. The van der Waals surface area contributed by atoms with E-state index in [2.05, 4.69) is 4.98 Å². The molecule has 1 fully saturated rings. The Morgan fingerprint density at radius 2 is 1.90 bits per heavy atom. The Labute approximate surface area is 171 Å². The number of aromatic nitrogens is 1. The number of benzene rings is 2. The molecule has 1 atom stereocenters. The fourth-order valence-electron chi connectivity index (χ4n) is 2.90. The van der Waals surface area contributed by atoms with Gasteiger partial charge in [0.25, 0.3) is 0 Å². The molecule has 1 aliphatic rings. The van der Waals surface area contributed by atoms with Crippen molar-refractivity contribution in [3.8, 4) is 11.6 Å². The Morgan fingerprint density at radius 3 is 2.59 bits per heavy atom. The minimum absolute atomic E-state index is 0.0204. The number of aromatic hydroxyl groups is 1. The molecule has 1 saturated heterocycles. The van der Waals surface area contributed by atoms with Gasteiger partial charge >= 0.3 is 11.0 Å². The Kier molecular flexibility index (Phi) is 5.53. The van der Waals surface area contributed by atoms with E-state index in [9.17, 15) is 14.7 Å². The summed E-state index contributed by atoms with van der Waals surface area (Å²) in [6.07, 6.45) is 0.141. The molecule has 0 radical (unpaired) electrons. The molecule has 8 heteroatoms. The van der Waals surface area contributed by atoms with E-state index < -0.39 is 0 Å². The topological polar surface area (TPSA) is 91.6 Å². The predicted molar refractivity (Wildman–Crippen MR) is 108 cm³/mol. The van der Waals surface area contributed by atoms with Gasteiger partial charge in [-0.2, -0.15) is 0 Å². The van der Waals surface area contributed by atoms with Gasteiger partial charge in [0.1, 0.15) is 19.0 Å². The first-order valence-electron chi connectivity index (χ1n) is 9.18. The van der Waals surface area contributed by atoms with Crippen LogP contribution < -0.4 is 9.61 Å². The molecule has 3 aromatic rings. The van der Waals surface area contributed by atoms with Crippen molar-refractivity contribution in [3.05, 3.63) is 80.3 Å². The first-order valence-corrected chi connectivity index (χ1v) is 10.00. The van der Waals surface area contributed by atoms with Gasteiger partial charge in [-0.15, -0.1) is 0 Å². The summed E-state index contributed by atoms with van der Waals surface area (Å²) in [5.74, 6) is 0.623. The summed E-state index contributed by atoms with van der Waals surface area (Å²) >= 11 is 1.000. The zero-order valence-electron chi connectivity index (χ0n) is 15.5. The van der Waals surface area contributed by atoms with Crippen LogP contribution in [0.25, 0.3) is 0 Å². The number of thiazole rings is 1. The second-order valence-corrected chi connectivity index (χ2v) is 7.83. The molecule has 2 heterocycles. The summed E-state index contributed by atoms with van der Waals surface area (Å²) in [4.78, 5) is 27.6. The van der Waals surface area contributed by atoms with Gasteiger partial charge in [-0.1, -0.05) is 53.8 Å². The molecule has 0 spiro atoms. The van der Waals surface area contributed by atoms with E-state index in [4.69, 9.17) is 9.47 Å².